The first-order valence-electron chi connectivity index (χ1n) is 12.1. The summed E-state index contributed by atoms with van der Waals surface area (Å²) in [7, 11) is -4.49. The van der Waals surface area contributed by atoms with Crippen molar-refractivity contribution in [1.82, 2.24) is 14.6 Å². The number of nitrogens with zero attached hydrogens (tertiary/aromatic N) is 1. The van der Waals surface area contributed by atoms with Crippen LogP contribution in [0.4, 0.5) is 4.39 Å². The summed E-state index contributed by atoms with van der Waals surface area (Å²) in [5, 5.41) is 24.5. The zero-order chi connectivity index (χ0) is 29.2. The minimum absolute atomic E-state index is 0.111. The number of benzene rings is 1. The highest BCUT2D eigenvalue weighted by atomic mass is 31.2. The van der Waals surface area contributed by atoms with Crippen LogP contribution < -0.4 is 20.9 Å². The van der Waals surface area contributed by atoms with Crippen molar-refractivity contribution in [1.29, 1.82) is 0 Å². The van der Waals surface area contributed by atoms with Crippen LogP contribution in [0.5, 0.6) is 5.75 Å². The van der Waals surface area contributed by atoms with Crippen LogP contribution in [0.25, 0.3) is 0 Å². The van der Waals surface area contributed by atoms with Crippen LogP contribution in [-0.2, 0) is 23.4 Å². The maximum atomic E-state index is 14.2. The molecule has 15 heteroatoms. The van der Waals surface area contributed by atoms with Crippen molar-refractivity contribution in [2.45, 2.75) is 76.4 Å². The van der Waals surface area contributed by atoms with Gasteiger partial charge in [-0.15, -0.1) is 0 Å². The predicted octanol–water partition coefficient (Wildman–Crippen LogP) is 1.41. The predicted molar refractivity (Wildman–Crippen MR) is 136 cm³/mol. The lowest BCUT2D eigenvalue weighted by molar-refractivity contribution is -0.149. The molecule has 1 aromatic carbocycles. The van der Waals surface area contributed by atoms with Crippen LogP contribution in [0.2, 0.25) is 0 Å². The minimum Gasteiger partial charge on any atom is -0.462 e. The van der Waals surface area contributed by atoms with Gasteiger partial charge in [0.25, 0.3) is 5.56 Å². The number of carbonyl (C=O) groups is 1. The number of alkyl halides is 1. The molecule has 6 atom stereocenters. The summed E-state index contributed by atoms with van der Waals surface area (Å²) < 4.78 is 51.2. The molecule has 3 rings (SSSR count). The first kappa shape index (κ1) is 30.7. The van der Waals surface area contributed by atoms with E-state index >= 15 is 0 Å². The Morgan fingerprint density at radius 3 is 2.46 bits per heavy atom. The van der Waals surface area contributed by atoms with E-state index < -0.39 is 73.4 Å². The van der Waals surface area contributed by atoms with Crippen LogP contribution in [-0.4, -0.2) is 68.0 Å². The van der Waals surface area contributed by atoms with Gasteiger partial charge in [-0.3, -0.25) is 23.7 Å². The Morgan fingerprint density at radius 2 is 1.90 bits per heavy atom. The molecule has 4 N–H and O–H groups in total. The Hall–Kier alpha value is -2.87. The van der Waals surface area contributed by atoms with Gasteiger partial charge in [0.2, 0.25) is 0 Å². The van der Waals surface area contributed by atoms with Crippen molar-refractivity contribution in [3.63, 3.8) is 0 Å². The molecule has 1 fully saturated rings. The van der Waals surface area contributed by atoms with E-state index in [2.05, 4.69) is 5.09 Å². The molecule has 0 saturated carbocycles. The number of rotatable bonds is 11. The Labute approximate surface area is 223 Å². The molecule has 1 saturated heterocycles. The monoisotopic (exact) mass is 573 g/mol. The van der Waals surface area contributed by atoms with Crippen LogP contribution in [0, 0.1) is 0 Å². The highest BCUT2D eigenvalue weighted by Crippen LogP contribution is 2.52. The van der Waals surface area contributed by atoms with Gasteiger partial charge in [-0.25, -0.2) is 13.8 Å². The molecule has 2 unspecified atom stereocenters. The summed E-state index contributed by atoms with van der Waals surface area (Å²) in [6.45, 7) is 5.77. The van der Waals surface area contributed by atoms with Crippen molar-refractivity contribution in [2.75, 3.05) is 6.67 Å². The molecule has 0 bridgehead atoms. The molecule has 1 aliphatic rings. The molecular weight excluding hydrogens is 540 g/mol. The summed E-state index contributed by atoms with van der Waals surface area (Å²) in [5.74, 6) is -0.635. The van der Waals surface area contributed by atoms with Crippen LogP contribution in [0.1, 0.15) is 40.8 Å². The van der Waals surface area contributed by atoms with Crippen molar-refractivity contribution in [2.24, 2.45) is 0 Å². The fraction of sp³-hybridized carbons (Fsp3) is 0.542. The third-order valence-electron chi connectivity index (χ3n) is 5.89. The zero-order valence-corrected chi connectivity index (χ0v) is 23.0. The first-order valence-corrected chi connectivity index (χ1v) is 13.6. The smallest absolute Gasteiger partial charge is 0.460 e. The average molecular weight is 574 g/mol. The Balaban J connectivity index is 1.96. The van der Waals surface area contributed by atoms with Gasteiger partial charge < -0.3 is 24.2 Å². The number of aromatic nitrogens is 2. The molecule has 0 spiro atoms. The van der Waals surface area contributed by atoms with E-state index in [0.717, 1.165) is 12.3 Å². The van der Waals surface area contributed by atoms with Crippen LogP contribution in [0.15, 0.2) is 52.2 Å². The highest BCUT2D eigenvalue weighted by Gasteiger charge is 2.62. The fourth-order valence-electron chi connectivity index (χ4n) is 4.02. The second kappa shape index (κ2) is 11.7. The molecule has 2 aromatic rings. The largest absolute Gasteiger partial charge is 0.462 e. The third-order valence-corrected chi connectivity index (χ3v) is 7.75. The van der Waals surface area contributed by atoms with Crippen molar-refractivity contribution < 1.29 is 42.5 Å². The molecular formula is C24H33FN3O10P. The molecule has 1 aromatic heterocycles. The molecule has 0 radical (unpaired) electrons. The van der Waals surface area contributed by atoms with Gasteiger partial charge in [-0.1, -0.05) is 18.2 Å². The third kappa shape index (κ3) is 6.83. The van der Waals surface area contributed by atoms with E-state index in [1.807, 2.05) is 4.98 Å². The maximum absolute atomic E-state index is 14.2. The lowest BCUT2D eigenvalue weighted by atomic mass is 9.88. The zero-order valence-electron chi connectivity index (χ0n) is 22.1. The second-order valence-electron chi connectivity index (χ2n) is 9.93. The van der Waals surface area contributed by atoms with Gasteiger partial charge >= 0.3 is 19.4 Å². The SMILES string of the molecule is CC(C)OC(=O)[C@H](C)NP(=O)(Oc1ccccc1)OC(C)(C)[C@H]1O[C@@H](n2ccc(=O)[nH]c2=O)[C@@](O)(CF)C1O. The summed E-state index contributed by atoms with van der Waals surface area (Å²) >= 11 is 0. The number of esters is 1. The Kier molecular flexibility index (Phi) is 9.20. The quantitative estimate of drug-likeness (QED) is 0.226. The molecule has 39 heavy (non-hydrogen) atoms. The van der Waals surface area contributed by atoms with Crippen molar-refractivity contribution >= 4 is 13.7 Å². The number of carbonyl (C=O) groups excluding carboxylic acids is 1. The molecule has 2 heterocycles. The molecule has 13 nitrogen and oxygen atoms in total. The number of halogens is 1. The van der Waals surface area contributed by atoms with Gasteiger partial charge in [-0.2, -0.15) is 5.09 Å². The number of para-hydroxylation sites is 1. The summed E-state index contributed by atoms with van der Waals surface area (Å²) in [6.07, 6.45) is -4.87. The van der Waals surface area contributed by atoms with Gasteiger partial charge in [-0.05, 0) is 46.8 Å². The number of H-pyrrole nitrogens is 1. The number of hydrogen-bond donors (Lipinski definition) is 4. The number of hydrogen-bond acceptors (Lipinski definition) is 10. The number of aliphatic hydroxyl groups excluding tert-OH is 1. The van der Waals surface area contributed by atoms with Gasteiger partial charge in [0.15, 0.2) is 11.8 Å². The fourth-order valence-corrected chi connectivity index (χ4v) is 5.87. The van der Waals surface area contributed by atoms with Crippen LogP contribution in [0.3, 0.4) is 0 Å². The summed E-state index contributed by atoms with van der Waals surface area (Å²) in [4.78, 5) is 38.2. The number of ether oxygens (including phenoxy) is 2. The van der Waals surface area contributed by atoms with E-state index in [1.165, 1.54) is 32.9 Å². The molecule has 0 amide bonds. The van der Waals surface area contributed by atoms with Crippen molar-refractivity contribution in [3.05, 3.63) is 63.4 Å². The second-order valence-corrected chi connectivity index (χ2v) is 11.5. The van der Waals surface area contributed by atoms with Crippen molar-refractivity contribution in [3.8, 4) is 5.75 Å². The molecule has 216 valence electrons. The Morgan fingerprint density at radius 1 is 1.26 bits per heavy atom. The van der Waals surface area contributed by atoms with Crippen LogP contribution >= 0.6 is 7.75 Å². The number of nitrogens with one attached hydrogen (secondary N) is 2. The lowest BCUT2D eigenvalue weighted by Crippen LogP contribution is -2.54. The standard InChI is InChI=1S/C24H33FN3O10P/c1-14(2)35-20(31)15(3)27-39(34,37-16-9-7-6-8-10-16)38-23(4,5)19-18(30)24(33,13-25)21(36-19)28-12-11-17(29)26-22(28)32/h6-12,14-15,18-19,21,30,33H,13H2,1-5H3,(H,27,34)(H,26,29,32)/t15-,18?,19-,21+,24+,39?/m0/s1. The van der Waals surface area contributed by atoms with Gasteiger partial charge in [0.1, 0.15) is 36.3 Å². The van der Waals surface area contributed by atoms with E-state index in [0.29, 0.717) is 4.57 Å². The van der Waals surface area contributed by atoms with E-state index in [1.54, 1.807) is 32.0 Å². The van der Waals surface area contributed by atoms with Gasteiger partial charge in [0, 0.05) is 12.3 Å². The normalized spacial score (nSPS) is 25.7. The number of aromatic amines is 1. The first-order chi connectivity index (χ1) is 18.1. The molecule has 1 aliphatic heterocycles. The van der Waals surface area contributed by atoms with Gasteiger partial charge in [0.05, 0.1) is 6.10 Å². The van der Waals surface area contributed by atoms with E-state index in [9.17, 15) is 33.6 Å². The summed E-state index contributed by atoms with van der Waals surface area (Å²) in [5.41, 5.74) is -6.22. The Bertz CT molecular complexity index is 1320. The van der Waals surface area contributed by atoms with E-state index in [4.69, 9.17) is 18.5 Å². The molecule has 0 aliphatic carbocycles. The average Bonchev–Trinajstić information content (AvgIpc) is 3.10. The minimum atomic E-state index is -4.49. The lowest BCUT2D eigenvalue weighted by Gasteiger charge is -2.36. The maximum Gasteiger partial charge on any atom is 0.460 e. The number of aliphatic hydroxyl groups is 2. The highest BCUT2D eigenvalue weighted by molar-refractivity contribution is 7.52. The topological polar surface area (TPSA) is 178 Å². The summed E-state index contributed by atoms with van der Waals surface area (Å²) in [6, 6.07) is 7.67. The van der Waals surface area contributed by atoms with E-state index in [-0.39, 0.29) is 5.75 Å².